The molecule has 0 aliphatic heterocycles. The molecule has 0 amide bonds. The van der Waals surface area contributed by atoms with Gasteiger partial charge in [0.05, 0.1) is 12.8 Å². The number of methoxy groups -OCH3 is 1. The van der Waals surface area contributed by atoms with Crippen LogP contribution in [0, 0.1) is 12.7 Å². The van der Waals surface area contributed by atoms with Crippen LogP contribution in [0.3, 0.4) is 0 Å². The molecule has 2 nitrogen and oxygen atoms in total. The van der Waals surface area contributed by atoms with Gasteiger partial charge in [0.15, 0.2) is 0 Å². The van der Waals surface area contributed by atoms with E-state index < -0.39 is 0 Å². The van der Waals surface area contributed by atoms with Gasteiger partial charge in [-0.15, -0.1) is 0 Å². The molecule has 21 heavy (non-hydrogen) atoms. The molecule has 0 aromatic heterocycles. The summed E-state index contributed by atoms with van der Waals surface area (Å²) in [5.41, 5.74) is 3.02. The number of halogens is 1. The summed E-state index contributed by atoms with van der Waals surface area (Å²) in [5.74, 6) is 1.27. The Labute approximate surface area is 125 Å². The highest BCUT2D eigenvalue weighted by Gasteiger charge is 2.30. The average molecular weight is 285 g/mol. The van der Waals surface area contributed by atoms with E-state index in [0.717, 1.165) is 24.2 Å². The molecule has 1 N–H and O–H groups in total. The van der Waals surface area contributed by atoms with Crippen molar-refractivity contribution in [2.45, 2.75) is 31.7 Å². The fraction of sp³-hybridized carbons (Fsp3) is 0.333. The van der Waals surface area contributed by atoms with Gasteiger partial charge in [-0.2, -0.15) is 0 Å². The van der Waals surface area contributed by atoms with Crippen molar-refractivity contribution >= 4 is 5.69 Å². The van der Waals surface area contributed by atoms with E-state index in [4.69, 9.17) is 4.74 Å². The van der Waals surface area contributed by atoms with Crippen molar-refractivity contribution in [1.82, 2.24) is 0 Å². The van der Waals surface area contributed by atoms with Crippen molar-refractivity contribution in [3.63, 3.8) is 0 Å². The standard InChI is InChI=1S/C18H20FNO/c1-12-3-8-17(19)18(9-12)20-15-10-14(11-15)13-4-6-16(21-2)7-5-13/h3-9,14-15,20H,10-11H2,1-2H3. The van der Waals surface area contributed by atoms with Gasteiger partial charge in [0.25, 0.3) is 0 Å². The number of ether oxygens (including phenoxy) is 1. The second-order valence-electron chi connectivity index (χ2n) is 5.77. The van der Waals surface area contributed by atoms with Crippen LogP contribution in [0.15, 0.2) is 42.5 Å². The van der Waals surface area contributed by atoms with E-state index in [9.17, 15) is 4.39 Å². The molecule has 0 unspecified atom stereocenters. The summed E-state index contributed by atoms with van der Waals surface area (Å²) in [5, 5.41) is 3.31. The Balaban J connectivity index is 1.59. The van der Waals surface area contributed by atoms with Crippen molar-refractivity contribution in [2.24, 2.45) is 0 Å². The highest BCUT2D eigenvalue weighted by molar-refractivity contribution is 5.48. The number of rotatable bonds is 4. The van der Waals surface area contributed by atoms with Gasteiger partial charge in [-0.25, -0.2) is 4.39 Å². The monoisotopic (exact) mass is 285 g/mol. The minimum absolute atomic E-state index is 0.173. The number of hydrogen-bond donors (Lipinski definition) is 1. The number of benzene rings is 2. The quantitative estimate of drug-likeness (QED) is 0.893. The van der Waals surface area contributed by atoms with E-state index in [1.165, 1.54) is 11.6 Å². The third-order valence-corrected chi connectivity index (χ3v) is 4.21. The van der Waals surface area contributed by atoms with E-state index in [-0.39, 0.29) is 5.82 Å². The number of hydrogen-bond acceptors (Lipinski definition) is 2. The lowest BCUT2D eigenvalue weighted by molar-refractivity contribution is 0.371. The van der Waals surface area contributed by atoms with Gasteiger partial charge >= 0.3 is 0 Å². The first-order valence-corrected chi connectivity index (χ1v) is 7.32. The maximum atomic E-state index is 13.7. The summed E-state index contributed by atoms with van der Waals surface area (Å²) >= 11 is 0. The van der Waals surface area contributed by atoms with Crippen molar-refractivity contribution < 1.29 is 9.13 Å². The van der Waals surface area contributed by atoms with Crippen molar-refractivity contribution in [3.8, 4) is 5.75 Å². The number of anilines is 1. The molecular weight excluding hydrogens is 265 g/mol. The average Bonchev–Trinajstić information content (AvgIpc) is 2.46. The molecule has 1 aliphatic rings. The van der Waals surface area contributed by atoms with Gasteiger partial charge in [0.1, 0.15) is 11.6 Å². The van der Waals surface area contributed by atoms with Gasteiger partial charge in [-0.05, 0) is 61.1 Å². The van der Waals surface area contributed by atoms with E-state index in [0.29, 0.717) is 17.6 Å². The van der Waals surface area contributed by atoms with Crippen LogP contribution in [0.1, 0.15) is 29.9 Å². The maximum absolute atomic E-state index is 13.7. The molecule has 0 atom stereocenters. The predicted molar refractivity (Wildman–Crippen MR) is 83.5 cm³/mol. The van der Waals surface area contributed by atoms with Crippen LogP contribution in [-0.4, -0.2) is 13.2 Å². The topological polar surface area (TPSA) is 21.3 Å². The second-order valence-corrected chi connectivity index (χ2v) is 5.77. The summed E-state index contributed by atoms with van der Waals surface area (Å²) in [6, 6.07) is 13.8. The van der Waals surface area contributed by atoms with Crippen LogP contribution in [-0.2, 0) is 0 Å². The fourth-order valence-electron chi connectivity index (χ4n) is 2.85. The van der Waals surface area contributed by atoms with Crippen LogP contribution in [0.5, 0.6) is 5.75 Å². The van der Waals surface area contributed by atoms with Crippen molar-refractivity contribution in [3.05, 3.63) is 59.4 Å². The van der Waals surface area contributed by atoms with Crippen molar-refractivity contribution in [1.29, 1.82) is 0 Å². The van der Waals surface area contributed by atoms with Gasteiger partial charge in [0, 0.05) is 6.04 Å². The van der Waals surface area contributed by atoms with E-state index in [1.54, 1.807) is 13.2 Å². The van der Waals surface area contributed by atoms with E-state index in [2.05, 4.69) is 17.4 Å². The summed E-state index contributed by atoms with van der Waals surface area (Å²) in [7, 11) is 1.68. The minimum atomic E-state index is -0.173. The zero-order valence-electron chi connectivity index (χ0n) is 12.4. The first-order chi connectivity index (χ1) is 10.2. The molecule has 2 aromatic rings. The smallest absolute Gasteiger partial charge is 0.146 e. The van der Waals surface area contributed by atoms with Crippen LogP contribution in [0.4, 0.5) is 10.1 Å². The Kier molecular flexibility index (Phi) is 3.82. The Morgan fingerprint density at radius 3 is 2.48 bits per heavy atom. The number of aryl methyl sites for hydroxylation is 1. The van der Waals surface area contributed by atoms with Crippen LogP contribution in [0.2, 0.25) is 0 Å². The SMILES string of the molecule is COc1ccc(C2CC(Nc3cc(C)ccc3F)C2)cc1. The third-order valence-electron chi connectivity index (χ3n) is 4.21. The molecule has 3 heteroatoms. The molecule has 0 bridgehead atoms. The third kappa shape index (κ3) is 3.02. The summed E-state index contributed by atoms with van der Waals surface area (Å²) in [6.45, 7) is 1.98. The molecule has 0 radical (unpaired) electrons. The predicted octanol–water partition coefficient (Wildman–Crippen LogP) is 4.50. The fourth-order valence-corrected chi connectivity index (χ4v) is 2.85. The lowest BCUT2D eigenvalue weighted by Crippen LogP contribution is -2.34. The lowest BCUT2D eigenvalue weighted by atomic mass is 9.76. The Hall–Kier alpha value is -2.03. The summed E-state index contributed by atoms with van der Waals surface area (Å²) in [6.07, 6.45) is 2.08. The molecular formula is C18H20FNO. The van der Waals surface area contributed by atoms with E-state index >= 15 is 0 Å². The largest absolute Gasteiger partial charge is 0.497 e. The zero-order chi connectivity index (χ0) is 14.8. The minimum Gasteiger partial charge on any atom is -0.497 e. The van der Waals surface area contributed by atoms with Crippen LogP contribution >= 0.6 is 0 Å². The van der Waals surface area contributed by atoms with Crippen LogP contribution in [0.25, 0.3) is 0 Å². The normalized spacial score (nSPS) is 20.7. The first kappa shape index (κ1) is 13.9. The van der Waals surface area contributed by atoms with Gasteiger partial charge in [-0.1, -0.05) is 18.2 Å². The Morgan fingerprint density at radius 2 is 1.81 bits per heavy atom. The summed E-state index contributed by atoms with van der Waals surface area (Å²) < 4.78 is 18.9. The molecule has 1 saturated carbocycles. The van der Waals surface area contributed by atoms with Gasteiger partial charge in [0.2, 0.25) is 0 Å². The highest BCUT2D eigenvalue weighted by atomic mass is 19.1. The first-order valence-electron chi connectivity index (χ1n) is 7.32. The summed E-state index contributed by atoms with van der Waals surface area (Å²) in [4.78, 5) is 0. The molecule has 0 saturated heterocycles. The van der Waals surface area contributed by atoms with Gasteiger partial charge in [-0.3, -0.25) is 0 Å². The van der Waals surface area contributed by atoms with Crippen molar-refractivity contribution in [2.75, 3.05) is 12.4 Å². The van der Waals surface area contributed by atoms with Gasteiger partial charge < -0.3 is 10.1 Å². The Bertz CT molecular complexity index is 618. The number of nitrogens with one attached hydrogen (secondary N) is 1. The van der Waals surface area contributed by atoms with E-state index in [1.807, 2.05) is 25.1 Å². The molecule has 3 rings (SSSR count). The highest BCUT2D eigenvalue weighted by Crippen LogP contribution is 2.39. The zero-order valence-corrected chi connectivity index (χ0v) is 12.4. The molecule has 1 fully saturated rings. The molecule has 1 aliphatic carbocycles. The second kappa shape index (κ2) is 5.76. The maximum Gasteiger partial charge on any atom is 0.146 e. The lowest BCUT2D eigenvalue weighted by Gasteiger charge is -2.37. The Morgan fingerprint density at radius 1 is 1.10 bits per heavy atom. The molecule has 0 spiro atoms. The van der Waals surface area contributed by atoms with Crippen LogP contribution < -0.4 is 10.1 Å². The molecule has 2 aromatic carbocycles. The molecule has 110 valence electrons. The molecule has 0 heterocycles.